The van der Waals surface area contributed by atoms with Crippen LogP contribution in [0, 0.1) is 0 Å². The molecule has 0 aromatic heterocycles. The predicted molar refractivity (Wildman–Crippen MR) is 43.3 cm³/mol. The van der Waals surface area contributed by atoms with Crippen molar-refractivity contribution in [3.05, 3.63) is 0 Å². The summed E-state index contributed by atoms with van der Waals surface area (Å²) in [4.78, 5) is 10.2. The number of carbonyl (C=O) groups is 1. The Hall–Kier alpha value is 0.300. The van der Waals surface area contributed by atoms with E-state index in [-0.39, 0.29) is 6.61 Å². The fourth-order valence-corrected chi connectivity index (χ4v) is 0.480. The quantitative estimate of drug-likeness (QED) is 0.740. The summed E-state index contributed by atoms with van der Waals surface area (Å²) < 4.78 is 3.12. The molecule has 0 aliphatic heterocycles. The summed E-state index contributed by atoms with van der Waals surface area (Å²) in [6.07, 6.45) is -0.953. The number of carboxylic acids is 1. The van der Waals surface area contributed by atoms with Crippen molar-refractivity contribution in [2.75, 3.05) is 6.61 Å². The smallest absolute Gasteiger partial charge is 0.332 e. The Morgan fingerprint density at radius 2 is 2.09 bits per heavy atom. The average Bonchev–Trinajstić information content (AvgIpc) is 1.80. The van der Waals surface area contributed by atoms with Crippen LogP contribution in [0.15, 0.2) is 0 Å². The van der Waals surface area contributed by atoms with Gasteiger partial charge < -0.3 is 9.84 Å². The van der Waals surface area contributed by atoms with Gasteiger partial charge in [0, 0.05) is 0 Å². The van der Waals surface area contributed by atoms with E-state index in [1.807, 2.05) is 0 Å². The van der Waals surface area contributed by atoms with Crippen molar-refractivity contribution >= 4 is 40.8 Å². The summed E-state index contributed by atoms with van der Waals surface area (Å²) >= 11 is 15.9. The van der Waals surface area contributed by atoms with Gasteiger partial charge in [0.25, 0.3) is 0 Å². The summed E-state index contributed by atoms with van der Waals surface area (Å²) in [5.74, 6) is -1.08. The normalized spacial score (nSPS) is 14.5. The first-order chi connectivity index (χ1) is 4.83. The zero-order valence-electron chi connectivity index (χ0n) is 5.68. The van der Waals surface area contributed by atoms with Crippen molar-refractivity contribution in [1.29, 1.82) is 0 Å². The van der Waals surface area contributed by atoms with Crippen LogP contribution in [0.2, 0.25) is 0 Å². The molecule has 0 saturated carbocycles. The molecule has 0 heterocycles. The van der Waals surface area contributed by atoms with Gasteiger partial charge in [-0.15, -0.1) is 0 Å². The van der Waals surface area contributed by atoms with Gasteiger partial charge in [0.15, 0.2) is 6.10 Å². The monoisotopic (exact) mass is 220 g/mol. The second-order valence-corrected chi connectivity index (χ2v) is 4.42. The Morgan fingerprint density at radius 1 is 1.64 bits per heavy atom. The molecule has 0 aliphatic rings. The molecule has 1 atom stereocenters. The van der Waals surface area contributed by atoms with Crippen molar-refractivity contribution in [1.82, 2.24) is 0 Å². The molecule has 0 aromatic carbocycles. The Kier molecular flexibility index (Phi) is 4.48. The third-order valence-electron chi connectivity index (χ3n) is 0.845. The number of hydrogen-bond donors (Lipinski definition) is 1. The van der Waals surface area contributed by atoms with E-state index >= 15 is 0 Å². The Labute approximate surface area is 79.2 Å². The highest BCUT2D eigenvalue weighted by atomic mass is 35.6. The highest BCUT2D eigenvalue weighted by molar-refractivity contribution is 6.67. The van der Waals surface area contributed by atoms with Gasteiger partial charge >= 0.3 is 5.97 Å². The highest BCUT2D eigenvalue weighted by Crippen LogP contribution is 2.26. The van der Waals surface area contributed by atoms with E-state index in [4.69, 9.17) is 39.9 Å². The van der Waals surface area contributed by atoms with Gasteiger partial charge in [-0.1, -0.05) is 34.8 Å². The number of ether oxygens (including phenoxy) is 1. The standard InChI is InChI=1S/C5H7Cl3O3/c1-3(4(9)10)11-2-5(6,7)8/h3H,2H2,1H3,(H,9,10). The predicted octanol–water partition coefficient (Wildman–Crippen LogP) is 1.85. The Bertz CT molecular complexity index is 142. The SMILES string of the molecule is CC(OCC(Cl)(Cl)Cl)C(=O)O. The lowest BCUT2D eigenvalue weighted by molar-refractivity contribution is -0.148. The summed E-state index contributed by atoms with van der Waals surface area (Å²) in [5.41, 5.74) is 0. The minimum Gasteiger partial charge on any atom is -0.479 e. The van der Waals surface area contributed by atoms with Crippen molar-refractivity contribution in [2.24, 2.45) is 0 Å². The minimum absolute atomic E-state index is 0.231. The first-order valence-electron chi connectivity index (χ1n) is 2.74. The zero-order chi connectivity index (χ0) is 9.07. The average molecular weight is 221 g/mol. The third-order valence-corrected chi connectivity index (χ3v) is 1.17. The van der Waals surface area contributed by atoms with Crippen LogP contribution in [0.5, 0.6) is 0 Å². The van der Waals surface area contributed by atoms with Crippen molar-refractivity contribution in [3.63, 3.8) is 0 Å². The zero-order valence-corrected chi connectivity index (χ0v) is 7.95. The fourth-order valence-electron chi connectivity index (χ4n) is 0.291. The van der Waals surface area contributed by atoms with Gasteiger partial charge in [0.2, 0.25) is 3.79 Å². The molecule has 0 aliphatic carbocycles. The van der Waals surface area contributed by atoms with E-state index in [1.165, 1.54) is 6.92 Å². The second-order valence-electron chi connectivity index (χ2n) is 1.91. The third kappa shape index (κ3) is 6.69. The highest BCUT2D eigenvalue weighted by Gasteiger charge is 2.23. The molecule has 0 radical (unpaired) electrons. The summed E-state index contributed by atoms with van der Waals surface area (Å²) in [5, 5.41) is 8.32. The topological polar surface area (TPSA) is 46.5 Å². The Balaban J connectivity index is 3.63. The summed E-state index contributed by atoms with van der Waals surface area (Å²) in [7, 11) is 0. The largest absolute Gasteiger partial charge is 0.479 e. The van der Waals surface area contributed by atoms with Gasteiger partial charge in [-0.05, 0) is 6.92 Å². The molecule has 0 saturated heterocycles. The maximum Gasteiger partial charge on any atom is 0.332 e. The molecule has 0 rings (SSSR count). The molecule has 0 bridgehead atoms. The van der Waals surface area contributed by atoms with Gasteiger partial charge in [-0.25, -0.2) is 4.79 Å². The van der Waals surface area contributed by atoms with Crippen LogP contribution in [0.1, 0.15) is 6.92 Å². The molecule has 6 heteroatoms. The number of aliphatic carboxylic acids is 1. The molecular weight excluding hydrogens is 214 g/mol. The summed E-state index contributed by atoms with van der Waals surface area (Å²) in [6.45, 7) is 1.13. The van der Waals surface area contributed by atoms with E-state index < -0.39 is 15.9 Å². The maximum absolute atomic E-state index is 10.2. The lowest BCUT2D eigenvalue weighted by Gasteiger charge is -2.13. The van der Waals surface area contributed by atoms with Crippen LogP contribution in [0.25, 0.3) is 0 Å². The lowest BCUT2D eigenvalue weighted by atomic mass is 10.4. The number of alkyl halides is 3. The van der Waals surface area contributed by atoms with Crippen molar-refractivity contribution < 1.29 is 14.6 Å². The van der Waals surface area contributed by atoms with E-state index in [0.29, 0.717) is 0 Å². The van der Waals surface area contributed by atoms with E-state index in [2.05, 4.69) is 4.74 Å². The van der Waals surface area contributed by atoms with E-state index in [0.717, 1.165) is 0 Å². The fraction of sp³-hybridized carbons (Fsp3) is 0.800. The van der Waals surface area contributed by atoms with Crippen LogP contribution in [0.3, 0.4) is 0 Å². The maximum atomic E-state index is 10.2. The summed E-state index contributed by atoms with van der Waals surface area (Å²) in [6, 6.07) is 0. The van der Waals surface area contributed by atoms with Crippen molar-refractivity contribution in [3.8, 4) is 0 Å². The molecule has 1 unspecified atom stereocenters. The molecular formula is C5H7Cl3O3. The molecule has 0 fully saturated rings. The van der Waals surface area contributed by atoms with Gasteiger partial charge in [-0.3, -0.25) is 0 Å². The minimum atomic E-state index is -1.55. The number of hydrogen-bond acceptors (Lipinski definition) is 2. The number of rotatable bonds is 3. The molecule has 0 spiro atoms. The lowest BCUT2D eigenvalue weighted by Crippen LogP contribution is -2.25. The van der Waals surface area contributed by atoms with Gasteiger partial charge in [-0.2, -0.15) is 0 Å². The molecule has 0 aromatic rings. The van der Waals surface area contributed by atoms with Gasteiger partial charge in [0.1, 0.15) is 0 Å². The van der Waals surface area contributed by atoms with Crippen LogP contribution >= 0.6 is 34.8 Å². The van der Waals surface area contributed by atoms with Crippen LogP contribution < -0.4 is 0 Å². The molecule has 66 valence electrons. The van der Waals surface area contributed by atoms with E-state index in [1.54, 1.807) is 0 Å². The number of carboxylic acid groups (broad SMARTS) is 1. The van der Waals surface area contributed by atoms with E-state index in [9.17, 15) is 4.79 Å². The van der Waals surface area contributed by atoms with Gasteiger partial charge in [0.05, 0.1) is 6.61 Å². The molecule has 3 nitrogen and oxygen atoms in total. The molecule has 0 amide bonds. The first-order valence-corrected chi connectivity index (χ1v) is 3.87. The molecule has 1 N–H and O–H groups in total. The van der Waals surface area contributed by atoms with Crippen molar-refractivity contribution in [2.45, 2.75) is 16.8 Å². The number of halogens is 3. The van der Waals surface area contributed by atoms with Crippen LogP contribution in [-0.2, 0) is 9.53 Å². The second kappa shape index (κ2) is 4.36. The van der Waals surface area contributed by atoms with Crippen LogP contribution in [-0.4, -0.2) is 27.6 Å². The first kappa shape index (κ1) is 11.3. The Morgan fingerprint density at radius 3 is 2.36 bits per heavy atom. The molecule has 11 heavy (non-hydrogen) atoms. The van der Waals surface area contributed by atoms with Crippen LogP contribution in [0.4, 0.5) is 0 Å².